The number of hydrogen-bond donors (Lipinski definition) is 1. The molecular formula is C28H33N3O6S2. The van der Waals surface area contributed by atoms with Crippen LogP contribution in [-0.4, -0.2) is 58.1 Å². The average Bonchev–Trinajstić information content (AvgIpc) is 3.49. The molecule has 208 valence electrons. The maximum Gasteiger partial charge on any atom is 0.247 e. The Kier molecular flexibility index (Phi) is 9.06. The molecule has 0 atom stereocenters. The van der Waals surface area contributed by atoms with Crippen molar-refractivity contribution in [2.75, 3.05) is 26.7 Å². The maximum absolute atomic E-state index is 13.7. The first-order chi connectivity index (χ1) is 18.6. The molecule has 39 heavy (non-hydrogen) atoms. The second-order valence-corrected chi connectivity index (χ2v) is 13.3. The van der Waals surface area contributed by atoms with Gasteiger partial charge in [-0.3, -0.25) is 4.79 Å². The largest absolute Gasteiger partial charge is 0.495 e. The second kappa shape index (κ2) is 12.3. The highest BCUT2D eigenvalue weighted by Crippen LogP contribution is 2.29. The fourth-order valence-electron chi connectivity index (χ4n) is 4.41. The minimum Gasteiger partial charge on any atom is -0.495 e. The number of ether oxygens (including phenoxy) is 1. The Labute approximate surface area is 230 Å². The van der Waals surface area contributed by atoms with Gasteiger partial charge in [0.15, 0.2) is 0 Å². The summed E-state index contributed by atoms with van der Waals surface area (Å²) in [6.07, 6.45) is 1.72. The first kappa shape index (κ1) is 28.8. The Hall–Kier alpha value is -3.25. The van der Waals surface area contributed by atoms with Gasteiger partial charge in [0, 0.05) is 26.2 Å². The van der Waals surface area contributed by atoms with E-state index in [0.29, 0.717) is 18.7 Å². The van der Waals surface area contributed by atoms with Crippen LogP contribution in [0.2, 0.25) is 0 Å². The SMILES string of the molecule is COc1ccc(C)cc1S(=O)(=O)N(CC(=O)NCc1ccc(S(=O)(=O)N2CCCC2)cc1)Cc1ccccc1. The van der Waals surface area contributed by atoms with Crippen LogP contribution >= 0.6 is 0 Å². The van der Waals surface area contributed by atoms with Crippen molar-refractivity contribution in [3.8, 4) is 5.75 Å². The fourth-order valence-corrected chi connectivity index (χ4v) is 7.55. The number of carbonyl (C=O) groups excluding carboxylic acids is 1. The first-order valence-corrected chi connectivity index (χ1v) is 15.5. The third-order valence-electron chi connectivity index (χ3n) is 6.57. The Morgan fingerprint density at radius 2 is 1.59 bits per heavy atom. The van der Waals surface area contributed by atoms with E-state index < -0.39 is 32.5 Å². The molecule has 1 N–H and O–H groups in total. The average molecular weight is 572 g/mol. The van der Waals surface area contributed by atoms with Crippen molar-refractivity contribution in [3.05, 3.63) is 89.5 Å². The molecule has 1 aliphatic heterocycles. The Morgan fingerprint density at radius 1 is 0.923 bits per heavy atom. The van der Waals surface area contributed by atoms with Gasteiger partial charge in [-0.25, -0.2) is 16.8 Å². The highest BCUT2D eigenvalue weighted by atomic mass is 32.2. The Bertz CT molecular complexity index is 1500. The van der Waals surface area contributed by atoms with Gasteiger partial charge in [0.25, 0.3) is 0 Å². The van der Waals surface area contributed by atoms with Crippen LogP contribution in [0.4, 0.5) is 0 Å². The lowest BCUT2D eigenvalue weighted by atomic mass is 10.2. The van der Waals surface area contributed by atoms with E-state index in [1.807, 2.05) is 6.07 Å². The van der Waals surface area contributed by atoms with Gasteiger partial charge in [0.05, 0.1) is 18.6 Å². The molecule has 1 amide bonds. The second-order valence-electron chi connectivity index (χ2n) is 9.44. The number of rotatable bonds is 11. The number of methoxy groups -OCH3 is 1. The lowest BCUT2D eigenvalue weighted by Crippen LogP contribution is -2.40. The van der Waals surface area contributed by atoms with E-state index in [0.717, 1.165) is 28.3 Å². The number of nitrogens with one attached hydrogen (secondary N) is 1. The van der Waals surface area contributed by atoms with Crippen LogP contribution in [0.25, 0.3) is 0 Å². The van der Waals surface area contributed by atoms with E-state index in [9.17, 15) is 21.6 Å². The highest BCUT2D eigenvalue weighted by molar-refractivity contribution is 7.89. The molecule has 0 bridgehead atoms. The third-order valence-corrected chi connectivity index (χ3v) is 10.3. The molecule has 1 fully saturated rings. The summed E-state index contributed by atoms with van der Waals surface area (Å²) in [5, 5.41) is 2.76. The molecule has 0 saturated carbocycles. The van der Waals surface area contributed by atoms with E-state index >= 15 is 0 Å². The van der Waals surface area contributed by atoms with Gasteiger partial charge in [-0.05, 0) is 60.7 Å². The summed E-state index contributed by atoms with van der Waals surface area (Å²) in [5.41, 5.74) is 2.17. The van der Waals surface area contributed by atoms with Crippen molar-refractivity contribution in [1.29, 1.82) is 0 Å². The zero-order valence-corrected chi connectivity index (χ0v) is 23.7. The standard InChI is InChI=1S/C28H33N3O6S2/c1-22-10-15-26(37-2)27(18-22)39(35,36)31(20-24-8-4-3-5-9-24)21-28(32)29-19-23-11-13-25(14-12-23)38(33,34)30-16-6-7-17-30/h3-5,8-15,18H,6-7,16-17,19-21H2,1-2H3,(H,29,32). The summed E-state index contributed by atoms with van der Waals surface area (Å²) < 4.78 is 60.9. The number of benzene rings is 3. The molecule has 1 heterocycles. The summed E-state index contributed by atoms with van der Waals surface area (Å²) >= 11 is 0. The maximum atomic E-state index is 13.7. The normalized spacial score (nSPS) is 14.4. The highest BCUT2D eigenvalue weighted by Gasteiger charge is 2.30. The molecule has 0 spiro atoms. The van der Waals surface area contributed by atoms with Crippen molar-refractivity contribution in [3.63, 3.8) is 0 Å². The molecule has 0 aromatic heterocycles. The number of sulfonamides is 2. The van der Waals surface area contributed by atoms with Gasteiger partial charge in [0.2, 0.25) is 26.0 Å². The lowest BCUT2D eigenvalue weighted by molar-refractivity contribution is -0.121. The van der Waals surface area contributed by atoms with E-state index in [4.69, 9.17) is 4.74 Å². The van der Waals surface area contributed by atoms with Gasteiger partial charge in [-0.1, -0.05) is 48.5 Å². The molecule has 0 aliphatic carbocycles. The Morgan fingerprint density at radius 3 is 2.23 bits per heavy atom. The van der Waals surface area contributed by atoms with Crippen LogP contribution in [0.5, 0.6) is 5.75 Å². The summed E-state index contributed by atoms with van der Waals surface area (Å²) in [7, 11) is -6.22. The van der Waals surface area contributed by atoms with Gasteiger partial charge >= 0.3 is 0 Å². The van der Waals surface area contributed by atoms with E-state index in [-0.39, 0.29) is 28.6 Å². The zero-order valence-electron chi connectivity index (χ0n) is 22.0. The fraction of sp³-hybridized carbons (Fsp3) is 0.321. The minimum absolute atomic E-state index is 0.00323. The quantitative estimate of drug-likeness (QED) is 0.378. The summed E-state index contributed by atoms with van der Waals surface area (Å²) in [6, 6.07) is 20.3. The van der Waals surface area contributed by atoms with Crippen molar-refractivity contribution < 1.29 is 26.4 Å². The van der Waals surface area contributed by atoms with Gasteiger partial charge < -0.3 is 10.1 Å². The first-order valence-electron chi connectivity index (χ1n) is 12.7. The molecule has 3 aromatic carbocycles. The van der Waals surface area contributed by atoms with Gasteiger partial charge in [-0.15, -0.1) is 0 Å². The molecule has 4 rings (SSSR count). The van der Waals surface area contributed by atoms with Crippen LogP contribution in [0.1, 0.15) is 29.5 Å². The number of amides is 1. The van der Waals surface area contributed by atoms with Crippen molar-refractivity contribution in [2.24, 2.45) is 0 Å². The minimum atomic E-state index is -4.10. The van der Waals surface area contributed by atoms with Crippen molar-refractivity contribution in [2.45, 2.75) is 42.6 Å². The molecule has 3 aromatic rings. The van der Waals surface area contributed by atoms with E-state index in [1.54, 1.807) is 55.5 Å². The molecule has 1 aliphatic rings. The summed E-state index contributed by atoms with van der Waals surface area (Å²) in [6.45, 7) is 2.55. The number of carbonyl (C=O) groups is 1. The molecular weight excluding hydrogens is 538 g/mol. The summed E-state index contributed by atoms with van der Waals surface area (Å²) in [5.74, 6) is -0.294. The number of nitrogens with zero attached hydrogens (tertiary/aromatic N) is 2. The van der Waals surface area contributed by atoms with Crippen LogP contribution < -0.4 is 10.1 Å². The van der Waals surface area contributed by atoms with Gasteiger partial charge in [-0.2, -0.15) is 8.61 Å². The zero-order chi connectivity index (χ0) is 28.0. The van der Waals surface area contributed by atoms with Crippen molar-refractivity contribution in [1.82, 2.24) is 13.9 Å². The van der Waals surface area contributed by atoms with Crippen LogP contribution in [0, 0.1) is 6.92 Å². The number of aryl methyl sites for hydroxylation is 1. The Balaban J connectivity index is 1.49. The van der Waals surface area contributed by atoms with Gasteiger partial charge in [0.1, 0.15) is 10.6 Å². The molecule has 9 nitrogen and oxygen atoms in total. The molecule has 11 heteroatoms. The lowest BCUT2D eigenvalue weighted by Gasteiger charge is -2.23. The number of hydrogen-bond acceptors (Lipinski definition) is 6. The van der Waals surface area contributed by atoms with Crippen LogP contribution in [-0.2, 0) is 37.9 Å². The molecule has 0 unspecified atom stereocenters. The monoisotopic (exact) mass is 571 g/mol. The predicted octanol–water partition coefficient (Wildman–Crippen LogP) is 3.30. The topological polar surface area (TPSA) is 113 Å². The predicted molar refractivity (Wildman–Crippen MR) is 148 cm³/mol. The molecule has 1 saturated heterocycles. The molecule has 0 radical (unpaired) electrons. The van der Waals surface area contributed by atoms with Crippen LogP contribution in [0.15, 0.2) is 82.6 Å². The van der Waals surface area contributed by atoms with E-state index in [1.165, 1.54) is 29.6 Å². The summed E-state index contributed by atoms with van der Waals surface area (Å²) in [4.78, 5) is 13.2. The third kappa shape index (κ3) is 6.85. The van der Waals surface area contributed by atoms with E-state index in [2.05, 4.69) is 5.32 Å². The smallest absolute Gasteiger partial charge is 0.247 e. The van der Waals surface area contributed by atoms with Crippen molar-refractivity contribution >= 4 is 26.0 Å². The van der Waals surface area contributed by atoms with Crippen LogP contribution in [0.3, 0.4) is 0 Å².